The first kappa shape index (κ1) is 15.2. The molecule has 0 fully saturated rings. The van der Waals surface area contributed by atoms with Crippen LogP contribution < -0.4 is 0 Å². The van der Waals surface area contributed by atoms with Gasteiger partial charge in [-0.3, -0.25) is 10.1 Å². The molecule has 0 aliphatic carbocycles. The minimum absolute atomic E-state index is 0.117. The number of allylic oxidation sites excluding steroid dienone is 1. The zero-order chi connectivity index (χ0) is 17.3. The molecule has 0 aliphatic heterocycles. The van der Waals surface area contributed by atoms with E-state index in [0.29, 0.717) is 16.6 Å². The lowest BCUT2D eigenvalue weighted by Crippen LogP contribution is -1.90. The van der Waals surface area contributed by atoms with Gasteiger partial charge in [-0.05, 0) is 35.9 Å². The molecule has 0 radical (unpaired) electrons. The van der Waals surface area contributed by atoms with Crippen molar-refractivity contribution in [2.75, 3.05) is 0 Å². The Balaban J connectivity index is 2.07. The Labute approximate surface area is 134 Å². The maximum absolute atomic E-state index is 13.2. The fourth-order valence-electron chi connectivity index (χ4n) is 2.21. The average Bonchev–Trinajstić information content (AvgIpc) is 2.96. The molecule has 0 saturated heterocycles. The van der Waals surface area contributed by atoms with Crippen LogP contribution >= 0.6 is 0 Å². The number of nitriles is 1. The van der Waals surface area contributed by atoms with Crippen molar-refractivity contribution in [2.24, 2.45) is 0 Å². The van der Waals surface area contributed by atoms with Gasteiger partial charge in [0.2, 0.25) is 0 Å². The zero-order valence-electron chi connectivity index (χ0n) is 12.0. The number of phenols is 1. The van der Waals surface area contributed by atoms with Crippen LogP contribution in [0.2, 0.25) is 0 Å². The van der Waals surface area contributed by atoms with Crippen molar-refractivity contribution in [1.82, 2.24) is 9.97 Å². The molecule has 2 N–H and O–H groups in total. The molecule has 0 unspecified atom stereocenters. The van der Waals surface area contributed by atoms with Gasteiger partial charge >= 0.3 is 5.69 Å². The van der Waals surface area contributed by atoms with Crippen molar-refractivity contribution in [3.63, 3.8) is 0 Å². The molecule has 7 nitrogen and oxygen atoms in total. The van der Waals surface area contributed by atoms with Crippen LogP contribution in [0.15, 0.2) is 36.4 Å². The molecule has 2 aromatic carbocycles. The van der Waals surface area contributed by atoms with Crippen LogP contribution in [0.5, 0.6) is 5.75 Å². The number of phenolic OH excluding ortho intramolecular Hbond substituents is 1. The Morgan fingerprint density at radius 2 is 2.17 bits per heavy atom. The van der Waals surface area contributed by atoms with Crippen molar-refractivity contribution in [1.29, 1.82) is 5.26 Å². The molecule has 8 heteroatoms. The lowest BCUT2D eigenvalue weighted by Gasteiger charge is -1.99. The van der Waals surface area contributed by atoms with Crippen molar-refractivity contribution in [3.8, 4) is 11.8 Å². The smallest absolute Gasteiger partial charge is 0.311 e. The summed E-state index contributed by atoms with van der Waals surface area (Å²) in [5.41, 5.74) is 0.925. The Morgan fingerprint density at radius 1 is 1.38 bits per heavy atom. The minimum Gasteiger partial charge on any atom is -0.502 e. The molecule has 0 saturated carbocycles. The molecule has 118 valence electrons. The van der Waals surface area contributed by atoms with Gasteiger partial charge in [0.1, 0.15) is 17.7 Å². The summed E-state index contributed by atoms with van der Waals surface area (Å²) in [5, 5.41) is 29.6. The van der Waals surface area contributed by atoms with Crippen LogP contribution in [0.4, 0.5) is 10.1 Å². The summed E-state index contributed by atoms with van der Waals surface area (Å²) in [6.07, 6.45) is 1.39. The number of halogens is 1. The number of fused-ring (bicyclic) bond motifs is 1. The molecule has 1 aromatic heterocycles. The average molecular weight is 324 g/mol. The highest BCUT2D eigenvalue weighted by Gasteiger charge is 2.14. The zero-order valence-corrected chi connectivity index (χ0v) is 12.0. The highest BCUT2D eigenvalue weighted by molar-refractivity contribution is 5.90. The van der Waals surface area contributed by atoms with Gasteiger partial charge in [-0.1, -0.05) is 6.07 Å². The van der Waals surface area contributed by atoms with Gasteiger partial charge in [0.25, 0.3) is 0 Å². The van der Waals surface area contributed by atoms with Crippen molar-refractivity contribution >= 4 is 28.4 Å². The van der Waals surface area contributed by atoms with Gasteiger partial charge in [0.15, 0.2) is 5.75 Å². The summed E-state index contributed by atoms with van der Waals surface area (Å²) in [5.74, 6) is -0.682. The molecule has 24 heavy (non-hydrogen) atoms. The second-order valence-electron chi connectivity index (χ2n) is 4.92. The SMILES string of the molecule is N#C/C(=C/c1ccc(O)c([N+](=O)[O-])c1)c1nc2ccc(F)cc2[nH]1. The van der Waals surface area contributed by atoms with Crippen LogP contribution in [0.25, 0.3) is 22.7 Å². The summed E-state index contributed by atoms with van der Waals surface area (Å²) in [4.78, 5) is 17.2. The van der Waals surface area contributed by atoms with Crippen LogP contribution in [0.3, 0.4) is 0 Å². The number of imidazole rings is 1. The third-order valence-electron chi connectivity index (χ3n) is 3.33. The van der Waals surface area contributed by atoms with E-state index in [1.165, 1.54) is 36.4 Å². The van der Waals surface area contributed by atoms with Crippen molar-refractivity contribution < 1.29 is 14.4 Å². The largest absolute Gasteiger partial charge is 0.502 e. The molecule has 3 aromatic rings. The first-order valence-corrected chi connectivity index (χ1v) is 6.73. The third kappa shape index (κ3) is 2.78. The standard InChI is InChI=1S/C16H9FN4O3/c17-11-2-3-12-13(7-11)20-16(19-12)10(8-18)5-9-1-4-15(22)14(6-9)21(23)24/h1-7,22H,(H,19,20)/b10-5-. The quantitative estimate of drug-likeness (QED) is 0.435. The molecule has 0 amide bonds. The highest BCUT2D eigenvalue weighted by Crippen LogP contribution is 2.28. The number of nitrogens with one attached hydrogen (secondary N) is 1. The summed E-state index contributed by atoms with van der Waals surface area (Å²) in [7, 11) is 0. The predicted octanol–water partition coefficient (Wildman–Crippen LogP) is 3.38. The summed E-state index contributed by atoms with van der Waals surface area (Å²) in [6.45, 7) is 0. The highest BCUT2D eigenvalue weighted by atomic mass is 19.1. The number of aromatic nitrogens is 2. The number of hydrogen-bond donors (Lipinski definition) is 2. The molecular formula is C16H9FN4O3. The Hall–Kier alpha value is -3.73. The number of aromatic hydroxyl groups is 1. The van der Waals surface area contributed by atoms with E-state index in [9.17, 15) is 24.9 Å². The maximum atomic E-state index is 13.2. The fourth-order valence-corrected chi connectivity index (χ4v) is 2.21. The van der Waals surface area contributed by atoms with E-state index in [-0.39, 0.29) is 11.4 Å². The van der Waals surface area contributed by atoms with Crippen molar-refractivity contribution in [3.05, 3.63) is 63.7 Å². The molecule has 0 atom stereocenters. The minimum atomic E-state index is -0.720. The second-order valence-corrected chi connectivity index (χ2v) is 4.92. The van der Waals surface area contributed by atoms with Gasteiger partial charge in [-0.2, -0.15) is 5.26 Å². The van der Waals surface area contributed by atoms with Crippen molar-refractivity contribution in [2.45, 2.75) is 0 Å². The van der Waals surface area contributed by atoms with E-state index >= 15 is 0 Å². The predicted molar refractivity (Wildman–Crippen MR) is 84.3 cm³/mol. The van der Waals surface area contributed by atoms with E-state index in [4.69, 9.17) is 0 Å². The van der Waals surface area contributed by atoms with E-state index in [2.05, 4.69) is 9.97 Å². The Kier molecular flexibility index (Phi) is 3.67. The Morgan fingerprint density at radius 3 is 2.88 bits per heavy atom. The number of benzene rings is 2. The number of H-pyrrole nitrogens is 1. The van der Waals surface area contributed by atoms with Gasteiger partial charge in [-0.15, -0.1) is 0 Å². The van der Waals surface area contributed by atoms with Gasteiger partial charge in [0.05, 0.1) is 21.5 Å². The number of nitrogens with zero attached hydrogens (tertiary/aromatic N) is 3. The number of rotatable bonds is 3. The number of nitro benzene ring substituents is 1. The van der Waals surface area contributed by atoms with E-state index < -0.39 is 22.2 Å². The lowest BCUT2D eigenvalue weighted by molar-refractivity contribution is -0.385. The van der Waals surface area contributed by atoms with Crippen LogP contribution in [0.1, 0.15) is 11.4 Å². The number of nitro groups is 1. The molecule has 1 heterocycles. The number of hydrogen-bond acceptors (Lipinski definition) is 5. The maximum Gasteiger partial charge on any atom is 0.311 e. The van der Waals surface area contributed by atoms with E-state index in [0.717, 1.165) is 6.07 Å². The van der Waals surface area contributed by atoms with Gasteiger partial charge in [0, 0.05) is 6.07 Å². The fraction of sp³-hybridized carbons (Fsp3) is 0. The molecule has 0 aliphatic rings. The lowest BCUT2D eigenvalue weighted by atomic mass is 10.1. The van der Waals surface area contributed by atoms with E-state index in [1.54, 1.807) is 0 Å². The molecule has 0 spiro atoms. The molecular weight excluding hydrogens is 315 g/mol. The topological polar surface area (TPSA) is 116 Å². The van der Waals surface area contributed by atoms with Crippen LogP contribution in [-0.2, 0) is 0 Å². The Bertz CT molecular complexity index is 1030. The summed E-state index contributed by atoms with van der Waals surface area (Å²) >= 11 is 0. The first-order chi connectivity index (χ1) is 11.5. The third-order valence-corrected chi connectivity index (χ3v) is 3.33. The van der Waals surface area contributed by atoms with Gasteiger partial charge in [-0.25, -0.2) is 9.37 Å². The molecule has 0 bridgehead atoms. The summed E-state index contributed by atoms with van der Waals surface area (Å²) in [6, 6.07) is 9.69. The van der Waals surface area contributed by atoms with E-state index in [1.807, 2.05) is 6.07 Å². The molecule has 3 rings (SSSR count). The summed E-state index contributed by atoms with van der Waals surface area (Å²) < 4.78 is 13.2. The van der Waals surface area contributed by atoms with Gasteiger partial charge < -0.3 is 10.1 Å². The van der Waals surface area contributed by atoms with Crippen LogP contribution in [0, 0.1) is 27.3 Å². The number of aromatic amines is 1. The normalized spacial score (nSPS) is 11.4. The monoisotopic (exact) mass is 324 g/mol. The first-order valence-electron chi connectivity index (χ1n) is 6.73. The van der Waals surface area contributed by atoms with Crippen LogP contribution in [-0.4, -0.2) is 20.0 Å². The second kappa shape index (κ2) is 5.81.